The van der Waals surface area contributed by atoms with Crippen LogP contribution in [0.15, 0.2) is 54.6 Å². The molecule has 5 heteroatoms. The van der Waals surface area contributed by atoms with Gasteiger partial charge in [-0.1, -0.05) is 42.5 Å². The number of rotatable bonds is 6. The highest BCUT2D eigenvalue weighted by Crippen LogP contribution is 2.41. The molecule has 5 nitrogen and oxygen atoms in total. The van der Waals surface area contributed by atoms with Gasteiger partial charge in [-0.3, -0.25) is 4.79 Å². The fraction of sp³-hybridized carbons (Fsp3) is 0.440. The molecule has 2 fully saturated rings. The van der Waals surface area contributed by atoms with Crippen molar-refractivity contribution in [3.63, 3.8) is 0 Å². The Balaban J connectivity index is 1.26. The van der Waals surface area contributed by atoms with E-state index in [0.29, 0.717) is 18.5 Å². The van der Waals surface area contributed by atoms with E-state index < -0.39 is 0 Å². The number of amides is 1. The molecule has 2 aliphatic rings. The van der Waals surface area contributed by atoms with Gasteiger partial charge >= 0.3 is 0 Å². The third-order valence-electron chi connectivity index (χ3n) is 6.76. The lowest BCUT2D eigenvalue weighted by Crippen LogP contribution is -2.42. The Bertz CT molecular complexity index is 895. The molecule has 2 aromatic carbocycles. The molecule has 0 radical (unpaired) electrons. The quantitative estimate of drug-likeness (QED) is 0.803. The first-order valence-corrected chi connectivity index (χ1v) is 10.9. The molecular formula is C25H30N4O. The molecule has 30 heavy (non-hydrogen) atoms. The van der Waals surface area contributed by atoms with Gasteiger partial charge in [-0.15, -0.1) is 0 Å². The second-order valence-electron chi connectivity index (χ2n) is 8.88. The van der Waals surface area contributed by atoms with Gasteiger partial charge in [0.1, 0.15) is 0 Å². The van der Waals surface area contributed by atoms with Crippen LogP contribution in [0.3, 0.4) is 0 Å². The summed E-state index contributed by atoms with van der Waals surface area (Å²) in [5, 5.41) is 8.94. The summed E-state index contributed by atoms with van der Waals surface area (Å²) < 4.78 is 0. The molecular weight excluding hydrogens is 372 g/mol. The van der Waals surface area contributed by atoms with Crippen molar-refractivity contribution in [1.29, 1.82) is 5.26 Å². The van der Waals surface area contributed by atoms with Crippen LogP contribution in [0.2, 0.25) is 0 Å². The molecule has 156 valence electrons. The van der Waals surface area contributed by atoms with E-state index in [1.165, 1.54) is 5.56 Å². The average molecular weight is 403 g/mol. The summed E-state index contributed by atoms with van der Waals surface area (Å²) in [6.45, 7) is 4.58. The van der Waals surface area contributed by atoms with Crippen LogP contribution in [-0.4, -0.2) is 41.9 Å². The lowest BCUT2D eigenvalue weighted by Gasteiger charge is -2.39. The molecule has 2 aromatic rings. The lowest BCUT2D eigenvalue weighted by molar-refractivity contribution is -0.128. The van der Waals surface area contributed by atoms with Crippen molar-refractivity contribution in [3.05, 3.63) is 71.3 Å². The highest BCUT2D eigenvalue weighted by molar-refractivity contribution is 5.79. The van der Waals surface area contributed by atoms with E-state index in [0.717, 1.165) is 51.0 Å². The fourth-order valence-corrected chi connectivity index (χ4v) is 4.81. The highest BCUT2D eigenvalue weighted by atomic mass is 16.2. The molecule has 4 rings (SSSR count). The first-order valence-electron chi connectivity index (χ1n) is 10.9. The molecule has 0 unspecified atom stereocenters. The van der Waals surface area contributed by atoms with Crippen LogP contribution in [0.4, 0.5) is 0 Å². The average Bonchev–Trinajstić information content (AvgIpc) is 3.08. The maximum Gasteiger partial charge on any atom is 0.223 e. The van der Waals surface area contributed by atoms with E-state index in [2.05, 4.69) is 23.1 Å². The van der Waals surface area contributed by atoms with Gasteiger partial charge < -0.3 is 15.5 Å². The zero-order valence-electron chi connectivity index (χ0n) is 17.5. The fourth-order valence-electron chi connectivity index (χ4n) is 4.81. The number of benzene rings is 2. The highest BCUT2D eigenvalue weighted by Gasteiger charge is 2.44. The van der Waals surface area contributed by atoms with Crippen molar-refractivity contribution in [3.8, 4) is 6.07 Å². The van der Waals surface area contributed by atoms with Crippen molar-refractivity contribution >= 4 is 5.91 Å². The van der Waals surface area contributed by atoms with Crippen LogP contribution >= 0.6 is 0 Å². The third-order valence-corrected chi connectivity index (χ3v) is 6.76. The van der Waals surface area contributed by atoms with E-state index in [1.54, 1.807) is 0 Å². The van der Waals surface area contributed by atoms with Crippen LogP contribution in [0.25, 0.3) is 0 Å². The summed E-state index contributed by atoms with van der Waals surface area (Å²) in [6.07, 6.45) is 3.77. The molecule has 1 spiro atoms. The standard InChI is InChI=1S/C25H30N4O/c26-17-20-6-8-21(9-7-20)18-29-19-25(16-24(29)30)11-14-28(15-12-25)13-10-23(27)22-4-2-1-3-5-22/h1-9,23H,10-16,18-19,27H2/t23-/m0/s1. The van der Waals surface area contributed by atoms with Crippen molar-refractivity contribution in [1.82, 2.24) is 9.80 Å². The number of nitrogens with zero attached hydrogens (tertiary/aromatic N) is 3. The van der Waals surface area contributed by atoms with E-state index >= 15 is 0 Å². The lowest BCUT2D eigenvalue weighted by atomic mass is 9.77. The molecule has 0 saturated carbocycles. The van der Waals surface area contributed by atoms with E-state index in [4.69, 9.17) is 11.0 Å². The van der Waals surface area contributed by atoms with Gasteiger partial charge in [-0.2, -0.15) is 5.26 Å². The maximum atomic E-state index is 12.7. The summed E-state index contributed by atoms with van der Waals surface area (Å²) in [5.74, 6) is 0.263. The normalized spacial score (nSPS) is 19.7. The largest absolute Gasteiger partial charge is 0.338 e. The molecule has 0 aliphatic carbocycles. The first kappa shape index (κ1) is 20.6. The Hall–Kier alpha value is -2.68. The molecule has 0 aromatic heterocycles. The molecule has 1 atom stereocenters. The molecule has 2 aliphatic heterocycles. The Labute approximate surface area is 179 Å². The van der Waals surface area contributed by atoms with Gasteiger partial charge in [0.05, 0.1) is 11.6 Å². The van der Waals surface area contributed by atoms with Crippen molar-refractivity contribution in [2.75, 3.05) is 26.2 Å². The van der Waals surface area contributed by atoms with Crippen LogP contribution in [-0.2, 0) is 11.3 Å². The second-order valence-corrected chi connectivity index (χ2v) is 8.88. The predicted octanol–water partition coefficient (Wildman–Crippen LogP) is 3.46. The number of nitriles is 1. The second kappa shape index (κ2) is 8.99. The SMILES string of the molecule is N#Cc1ccc(CN2CC3(CCN(CC[C@H](N)c4ccccc4)CC3)CC2=O)cc1. The van der Waals surface area contributed by atoms with Crippen molar-refractivity contribution in [2.45, 2.75) is 38.3 Å². The Morgan fingerprint density at radius 2 is 1.77 bits per heavy atom. The monoisotopic (exact) mass is 402 g/mol. The van der Waals surface area contributed by atoms with Crippen LogP contribution < -0.4 is 5.73 Å². The summed E-state index contributed by atoms with van der Waals surface area (Å²) in [4.78, 5) is 17.2. The van der Waals surface area contributed by atoms with Gasteiger partial charge in [0.2, 0.25) is 5.91 Å². The van der Waals surface area contributed by atoms with Gasteiger partial charge in [-0.25, -0.2) is 0 Å². The van der Waals surface area contributed by atoms with E-state index in [1.807, 2.05) is 47.4 Å². The van der Waals surface area contributed by atoms with Crippen LogP contribution in [0.5, 0.6) is 0 Å². The Morgan fingerprint density at radius 1 is 1.07 bits per heavy atom. The number of hydrogen-bond acceptors (Lipinski definition) is 4. The number of hydrogen-bond donors (Lipinski definition) is 1. The van der Waals surface area contributed by atoms with Crippen molar-refractivity contribution in [2.24, 2.45) is 11.1 Å². The Kier molecular flexibility index (Phi) is 6.17. The minimum Gasteiger partial charge on any atom is -0.338 e. The number of carbonyl (C=O) groups excluding carboxylic acids is 1. The Morgan fingerprint density at radius 3 is 2.43 bits per heavy atom. The molecule has 2 N–H and O–H groups in total. The molecule has 0 bridgehead atoms. The van der Waals surface area contributed by atoms with Gasteiger partial charge in [-0.05, 0) is 67.6 Å². The minimum atomic E-state index is 0.0815. The number of likely N-dealkylation sites (tertiary alicyclic amines) is 2. The summed E-state index contributed by atoms with van der Waals surface area (Å²) in [7, 11) is 0. The molecule has 1 amide bonds. The maximum absolute atomic E-state index is 12.7. The van der Waals surface area contributed by atoms with E-state index in [-0.39, 0.29) is 17.4 Å². The molecule has 2 saturated heterocycles. The van der Waals surface area contributed by atoms with E-state index in [9.17, 15) is 4.79 Å². The van der Waals surface area contributed by atoms with Crippen LogP contribution in [0.1, 0.15) is 48.4 Å². The topological polar surface area (TPSA) is 73.4 Å². The minimum absolute atomic E-state index is 0.0815. The smallest absolute Gasteiger partial charge is 0.223 e. The summed E-state index contributed by atoms with van der Waals surface area (Å²) in [5.41, 5.74) is 9.43. The molecule has 2 heterocycles. The van der Waals surface area contributed by atoms with Crippen LogP contribution in [0, 0.1) is 16.7 Å². The van der Waals surface area contributed by atoms with Gasteiger partial charge in [0.15, 0.2) is 0 Å². The predicted molar refractivity (Wildman–Crippen MR) is 117 cm³/mol. The zero-order valence-corrected chi connectivity index (χ0v) is 17.5. The zero-order chi connectivity index (χ0) is 21.0. The number of nitrogens with two attached hydrogens (primary N) is 1. The van der Waals surface area contributed by atoms with Gasteiger partial charge in [0.25, 0.3) is 0 Å². The van der Waals surface area contributed by atoms with Gasteiger partial charge in [0, 0.05) is 25.6 Å². The summed E-state index contributed by atoms with van der Waals surface area (Å²) >= 11 is 0. The summed E-state index contributed by atoms with van der Waals surface area (Å²) in [6, 6.07) is 20.1. The number of carbonyl (C=O) groups is 1. The first-order chi connectivity index (χ1) is 14.6. The number of piperidine rings is 1. The van der Waals surface area contributed by atoms with Crippen molar-refractivity contribution < 1.29 is 4.79 Å². The third kappa shape index (κ3) is 4.72.